The van der Waals surface area contributed by atoms with Crippen LogP contribution in [-0.2, 0) is 30.8 Å². The number of thiophene rings is 1. The second-order valence-electron chi connectivity index (χ2n) is 6.75. The number of carbonyl (C=O) groups is 1. The van der Waals surface area contributed by atoms with E-state index in [9.17, 15) is 4.79 Å². The summed E-state index contributed by atoms with van der Waals surface area (Å²) in [5.74, 6) is 2.01. The van der Waals surface area contributed by atoms with Gasteiger partial charge >= 0.3 is 0 Å². The van der Waals surface area contributed by atoms with E-state index >= 15 is 0 Å². The maximum atomic E-state index is 12.0. The van der Waals surface area contributed by atoms with Gasteiger partial charge in [-0.3, -0.25) is 9.69 Å². The molecule has 6 nitrogen and oxygen atoms in total. The first-order valence-electron chi connectivity index (χ1n) is 9.03. The molecule has 0 radical (unpaired) electrons. The fraction of sp³-hybridized carbons (Fsp3) is 0.611. The van der Waals surface area contributed by atoms with Crippen molar-refractivity contribution in [3.05, 3.63) is 33.5 Å². The summed E-state index contributed by atoms with van der Waals surface area (Å²) in [5, 5.41) is 11.6. The van der Waals surface area contributed by atoms with Gasteiger partial charge in [-0.25, -0.2) is 0 Å². The number of carbonyl (C=O) groups excluding carboxylic acids is 1. The van der Waals surface area contributed by atoms with Gasteiger partial charge in [-0.05, 0) is 25.5 Å². The van der Waals surface area contributed by atoms with Crippen molar-refractivity contribution in [1.29, 1.82) is 0 Å². The van der Waals surface area contributed by atoms with E-state index in [2.05, 4.69) is 44.0 Å². The molecule has 3 rings (SSSR count). The van der Waals surface area contributed by atoms with Gasteiger partial charge < -0.3 is 9.88 Å². The monoisotopic (exact) mass is 361 g/mol. The Morgan fingerprint density at radius 1 is 1.32 bits per heavy atom. The Bertz CT molecular complexity index is 723. The average molecular weight is 362 g/mol. The largest absolute Gasteiger partial charge is 0.349 e. The predicted molar refractivity (Wildman–Crippen MR) is 99.4 cm³/mol. The normalized spacial score (nSPS) is 16.3. The van der Waals surface area contributed by atoms with Crippen molar-refractivity contribution in [2.45, 2.75) is 53.2 Å². The summed E-state index contributed by atoms with van der Waals surface area (Å²) in [4.78, 5) is 17.2. The molecule has 0 saturated carbocycles. The van der Waals surface area contributed by atoms with E-state index in [1.54, 1.807) is 0 Å². The van der Waals surface area contributed by atoms with Crippen LogP contribution in [0.1, 0.15) is 41.7 Å². The molecule has 0 unspecified atom stereocenters. The first-order valence-corrected chi connectivity index (χ1v) is 9.84. The molecule has 1 atom stereocenters. The third-order valence-corrected chi connectivity index (χ3v) is 5.84. The summed E-state index contributed by atoms with van der Waals surface area (Å²) in [6, 6.07) is 4.41. The first-order chi connectivity index (χ1) is 12.1. The van der Waals surface area contributed by atoms with Gasteiger partial charge in [0, 0.05) is 48.3 Å². The Labute approximate surface area is 153 Å². The minimum absolute atomic E-state index is 0.0382. The lowest BCUT2D eigenvalue weighted by Crippen LogP contribution is -2.30. The number of fused-ring (bicyclic) bond motifs is 1. The van der Waals surface area contributed by atoms with Gasteiger partial charge in [0.05, 0.1) is 6.54 Å². The van der Waals surface area contributed by atoms with Crippen LogP contribution in [0.2, 0.25) is 0 Å². The third kappa shape index (κ3) is 4.46. The van der Waals surface area contributed by atoms with E-state index in [0.29, 0.717) is 6.54 Å². The van der Waals surface area contributed by atoms with Crippen molar-refractivity contribution in [3.63, 3.8) is 0 Å². The molecule has 0 saturated heterocycles. The van der Waals surface area contributed by atoms with E-state index in [0.717, 1.165) is 50.7 Å². The lowest BCUT2D eigenvalue weighted by Gasteiger charge is -2.18. The molecule has 1 aliphatic heterocycles. The summed E-state index contributed by atoms with van der Waals surface area (Å²) in [7, 11) is 0. The minimum atomic E-state index is 0.0382. The van der Waals surface area contributed by atoms with Crippen molar-refractivity contribution in [1.82, 2.24) is 25.0 Å². The number of rotatable bonds is 6. The highest BCUT2D eigenvalue weighted by atomic mass is 32.1. The van der Waals surface area contributed by atoms with Gasteiger partial charge in [0.1, 0.15) is 5.82 Å². The molecule has 1 N–H and O–H groups in total. The van der Waals surface area contributed by atoms with Gasteiger partial charge in [0.25, 0.3) is 0 Å². The molecule has 136 valence electrons. The van der Waals surface area contributed by atoms with Crippen LogP contribution in [0.15, 0.2) is 12.1 Å². The summed E-state index contributed by atoms with van der Waals surface area (Å²) in [6.07, 6.45) is 1.75. The third-order valence-electron chi connectivity index (χ3n) is 4.85. The van der Waals surface area contributed by atoms with Gasteiger partial charge in [-0.1, -0.05) is 13.8 Å². The van der Waals surface area contributed by atoms with Crippen molar-refractivity contribution in [2.75, 3.05) is 13.1 Å². The summed E-state index contributed by atoms with van der Waals surface area (Å²) >= 11 is 1.87. The highest BCUT2D eigenvalue weighted by Gasteiger charge is 2.20. The fourth-order valence-electron chi connectivity index (χ4n) is 3.03. The lowest BCUT2D eigenvalue weighted by molar-refractivity contribution is -0.124. The number of aromatic nitrogens is 3. The molecule has 1 aliphatic rings. The Morgan fingerprint density at radius 2 is 2.16 bits per heavy atom. The van der Waals surface area contributed by atoms with Gasteiger partial charge in [0.15, 0.2) is 5.82 Å². The van der Waals surface area contributed by atoms with Crippen LogP contribution in [0.25, 0.3) is 0 Å². The predicted octanol–water partition coefficient (Wildman–Crippen LogP) is 2.37. The van der Waals surface area contributed by atoms with Gasteiger partial charge in [0.2, 0.25) is 5.91 Å². The molecule has 2 aromatic rings. The van der Waals surface area contributed by atoms with Gasteiger partial charge in [-0.15, -0.1) is 21.5 Å². The number of nitrogens with one attached hydrogen (secondary N) is 1. The zero-order chi connectivity index (χ0) is 17.8. The van der Waals surface area contributed by atoms with Crippen molar-refractivity contribution >= 4 is 17.2 Å². The summed E-state index contributed by atoms with van der Waals surface area (Å²) < 4.78 is 2.18. The topological polar surface area (TPSA) is 63.1 Å². The SMILES string of the molecule is CC[C@@H](C)C(=O)NCc1nnc2n1CCN(Cc1ccc(C)s1)CC2. The summed E-state index contributed by atoms with van der Waals surface area (Å²) in [6.45, 7) is 10.4. The van der Waals surface area contributed by atoms with Crippen LogP contribution < -0.4 is 5.32 Å². The first kappa shape index (κ1) is 18.1. The Hall–Kier alpha value is -1.73. The van der Waals surface area contributed by atoms with Crippen LogP contribution in [-0.4, -0.2) is 38.7 Å². The van der Waals surface area contributed by atoms with Crippen molar-refractivity contribution in [3.8, 4) is 0 Å². The van der Waals surface area contributed by atoms with Crippen LogP contribution in [0.4, 0.5) is 0 Å². The number of amides is 1. The van der Waals surface area contributed by atoms with Crippen LogP contribution in [0, 0.1) is 12.8 Å². The van der Waals surface area contributed by atoms with Gasteiger partial charge in [-0.2, -0.15) is 0 Å². The van der Waals surface area contributed by atoms with E-state index in [-0.39, 0.29) is 11.8 Å². The molecular weight excluding hydrogens is 334 g/mol. The molecule has 0 aromatic carbocycles. The molecule has 0 spiro atoms. The van der Waals surface area contributed by atoms with Crippen molar-refractivity contribution in [2.24, 2.45) is 5.92 Å². The van der Waals surface area contributed by atoms with E-state index < -0.39 is 0 Å². The zero-order valence-electron chi connectivity index (χ0n) is 15.3. The minimum Gasteiger partial charge on any atom is -0.349 e. The van der Waals surface area contributed by atoms with Crippen LogP contribution in [0.5, 0.6) is 0 Å². The molecular formula is C18H27N5OS. The maximum absolute atomic E-state index is 12.0. The van der Waals surface area contributed by atoms with Crippen molar-refractivity contribution < 1.29 is 4.79 Å². The molecule has 7 heteroatoms. The quantitative estimate of drug-likeness (QED) is 0.858. The van der Waals surface area contributed by atoms with Crippen LogP contribution >= 0.6 is 11.3 Å². The zero-order valence-corrected chi connectivity index (χ0v) is 16.1. The van der Waals surface area contributed by atoms with Crippen LogP contribution in [0.3, 0.4) is 0 Å². The number of nitrogens with zero attached hydrogens (tertiary/aromatic N) is 4. The standard InChI is InChI=1S/C18H27N5OS/c1-4-13(2)18(24)19-11-17-21-20-16-7-8-22(9-10-23(16)17)12-15-6-5-14(3)25-15/h5-6,13H,4,7-12H2,1-3H3,(H,19,24)/t13-/m1/s1. The average Bonchev–Trinajstić information content (AvgIpc) is 3.14. The number of aryl methyl sites for hydroxylation is 1. The fourth-order valence-corrected chi connectivity index (χ4v) is 3.96. The molecule has 0 aliphatic carbocycles. The molecule has 25 heavy (non-hydrogen) atoms. The highest BCUT2D eigenvalue weighted by Crippen LogP contribution is 2.19. The summed E-state index contributed by atoms with van der Waals surface area (Å²) in [5.41, 5.74) is 0. The van der Waals surface area contributed by atoms with E-state index in [1.807, 2.05) is 25.2 Å². The molecule has 1 amide bonds. The highest BCUT2D eigenvalue weighted by molar-refractivity contribution is 7.11. The molecule has 0 bridgehead atoms. The lowest BCUT2D eigenvalue weighted by atomic mass is 10.1. The number of hydrogen-bond acceptors (Lipinski definition) is 5. The van der Waals surface area contributed by atoms with E-state index in [4.69, 9.17) is 0 Å². The maximum Gasteiger partial charge on any atom is 0.223 e. The Morgan fingerprint density at radius 3 is 2.88 bits per heavy atom. The smallest absolute Gasteiger partial charge is 0.223 e. The molecule has 0 fully saturated rings. The Balaban J connectivity index is 1.59. The van der Waals surface area contributed by atoms with E-state index in [1.165, 1.54) is 9.75 Å². The molecule has 3 heterocycles. The second kappa shape index (κ2) is 8.10. The molecule has 2 aromatic heterocycles. The number of hydrogen-bond donors (Lipinski definition) is 1. The Kier molecular flexibility index (Phi) is 5.86. The second-order valence-corrected chi connectivity index (χ2v) is 8.12.